The highest BCUT2D eigenvalue weighted by atomic mass is 16.4. The minimum absolute atomic E-state index is 0.0173. The first-order chi connectivity index (χ1) is 7.69. The zero-order chi connectivity index (χ0) is 12.0. The molecular formula is C12H12N2O2. The van der Waals surface area contributed by atoms with Gasteiger partial charge in [0.25, 0.3) is 0 Å². The molecule has 0 bridgehead atoms. The summed E-state index contributed by atoms with van der Waals surface area (Å²) in [6.07, 6.45) is 8.29. The predicted molar refractivity (Wildman–Crippen MR) is 62.0 cm³/mol. The third kappa shape index (κ3) is 2.88. The fourth-order valence-electron chi connectivity index (χ4n) is 1.13. The van der Waals surface area contributed by atoms with Crippen molar-refractivity contribution in [1.82, 2.24) is 9.97 Å². The summed E-state index contributed by atoms with van der Waals surface area (Å²) < 4.78 is 0. The minimum Gasteiger partial charge on any atom is -0.477 e. The van der Waals surface area contributed by atoms with Gasteiger partial charge in [-0.15, -0.1) is 0 Å². The summed E-state index contributed by atoms with van der Waals surface area (Å²) in [6.45, 7) is 5.42. The number of hydrogen-bond donors (Lipinski definition) is 1. The van der Waals surface area contributed by atoms with E-state index in [2.05, 4.69) is 16.5 Å². The monoisotopic (exact) mass is 216 g/mol. The van der Waals surface area contributed by atoms with Crippen molar-refractivity contribution in [2.24, 2.45) is 0 Å². The molecule has 0 radical (unpaired) electrons. The number of carboxylic acids is 1. The fraction of sp³-hybridized carbons (Fsp3) is 0.0833. The molecule has 1 N–H and O–H groups in total. The minimum atomic E-state index is -1.06. The molecule has 0 aliphatic carbocycles. The van der Waals surface area contributed by atoms with Gasteiger partial charge in [0.15, 0.2) is 5.69 Å². The Hall–Kier alpha value is -2.23. The van der Waals surface area contributed by atoms with Crippen LogP contribution in [0.1, 0.15) is 23.1 Å². The number of nitrogens with zero attached hydrogens (tertiary/aromatic N) is 2. The molecule has 0 aromatic carbocycles. The van der Waals surface area contributed by atoms with E-state index in [4.69, 9.17) is 5.11 Å². The van der Waals surface area contributed by atoms with E-state index in [-0.39, 0.29) is 5.69 Å². The maximum Gasteiger partial charge on any atom is 0.354 e. The third-order valence-electron chi connectivity index (χ3n) is 1.90. The number of carbonyl (C=O) groups is 1. The standard InChI is InChI=1S/C12H12N2O2/c1-3-5-6-9(4-2)10-7-11(12(15)16)14-8-13-10/h3-8H,1H2,2H3,(H,15,16)/b6-5-,9-4+. The van der Waals surface area contributed by atoms with Crippen LogP contribution in [0.5, 0.6) is 0 Å². The average molecular weight is 216 g/mol. The van der Waals surface area contributed by atoms with Gasteiger partial charge in [0.05, 0.1) is 5.69 Å². The molecule has 16 heavy (non-hydrogen) atoms. The molecule has 82 valence electrons. The summed E-state index contributed by atoms with van der Waals surface area (Å²) in [4.78, 5) is 18.4. The van der Waals surface area contributed by atoms with Gasteiger partial charge in [-0.3, -0.25) is 0 Å². The number of aromatic nitrogens is 2. The van der Waals surface area contributed by atoms with Crippen LogP contribution < -0.4 is 0 Å². The van der Waals surface area contributed by atoms with Crippen LogP contribution in [0.25, 0.3) is 5.57 Å². The molecule has 0 unspecified atom stereocenters. The summed E-state index contributed by atoms with van der Waals surface area (Å²) in [5, 5.41) is 8.80. The molecule has 0 saturated carbocycles. The Kier molecular flexibility index (Phi) is 4.15. The van der Waals surface area contributed by atoms with E-state index < -0.39 is 5.97 Å². The average Bonchev–Trinajstić information content (AvgIpc) is 2.30. The highest BCUT2D eigenvalue weighted by Gasteiger charge is 2.07. The van der Waals surface area contributed by atoms with Crippen molar-refractivity contribution in [2.75, 3.05) is 0 Å². The van der Waals surface area contributed by atoms with Gasteiger partial charge in [-0.25, -0.2) is 14.8 Å². The Balaban J connectivity index is 3.11. The summed E-state index contributed by atoms with van der Waals surface area (Å²) in [6, 6.07) is 1.44. The summed E-state index contributed by atoms with van der Waals surface area (Å²) >= 11 is 0. The van der Waals surface area contributed by atoms with Crippen molar-refractivity contribution in [3.8, 4) is 0 Å². The normalized spacial score (nSPS) is 11.7. The second-order valence-electron chi connectivity index (χ2n) is 2.93. The number of allylic oxidation sites excluding steroid dienone is 5. The Morgan fingerprint density at radius 2 is 2.12 bits per heavy atom. The molecule has 0 spiro atoms. The number of rotatable bonds is 4. The molecule has 0 aliphatic rings. The zero-order valence-electron chi connectivity index (χ0n) is 8.92. The molecule has 1 rings (SSSR count). The largest absolute Gasteiger partial charge is 0.477 e. The Morgan fingerprint density at radius 1 is 1.44 bits per heavy atom. The SMILES string of the molecule is C=C/C=C\C(=C/C)c1cc(C(=O)O)ncn1. The van der Waals surface area contributed by atoms with Gasteiger partial charge in [-0.2, -0.15) is 0 Å². The van der Waals surface area contributed by atoms with Gasteiger partial charge in [-0.1, -0.05) is 30.9 Å². The summed E-state index contributed by atoms with van der Waals surface area (Å²) in [5.41, 5.74) is 1.38. The van der Waals surface area contributed by atoms with E-state index in [1.54, 1.807) is 18.2 Å². The maximum atomic E-state index is 10.7. The van der Waals surface area contributed by atoms with E-state index in [0.29, 0.717) is 5.69 Å². The van der Waals surface area contributed by atoms with E-state index >= 15 is 0 Å². The molecule has 0 amide bonds. The molecule has 0 fully saturated rings. The van der Waals surface area contributed by atoms with Crippen LogP contribution >= 0.6 is 0 Å². The first-order valence-corrected chi connectivity index (χ1v) is 4.70. The Labute approximate surface area is 93.7 Å². The smallest absolute Gasteiger partial charge is 0.354 e. The van der Waals surface area contributed by atoms with E-state index in [0.717, 1.165) is 5.57 Å². The lowest BCUT2D eigenvalue weighted by Crippen LogP contribution is -2.02. The van der Waals surface area contributed by atoms with Crippen molar-refractivity contribution in [3.05, 3.63) is 54.7 Å². The van der Waals surface area contributed by atoms with Crippen molar-refractivity contribution in [1.29, 1.82) is 0 Å². The lowest BCUT2D eigenvalue weighted by Gasteiger charge is -2.01. The van der Waals surface area contributed by atoms with Crippen LogP contribution in [-0.4, -0.2) is 21.0 Å². The first-order valence-electron chi connectivity index (χ1n) is 4.70. The first kappa shape index (κ1) is 11.8. The number of aromatic carboxylic acids is 1. The maximum absolute atomic E-state index is 10.7. The second kappa shape index (κ2) is 5.60. The molecule has 4 nitrogen and oxygen atoms in total. The highest BCUT2D eigenvalue weighted by Crippen LogP contribution is 2.13. The number of carboxylic acid groups (broad SMARTS) is 1. The molecule has 0 aliphatic heterocycles. The highest BCUT2D eigenvalue weighted by molar-refractivity contribution is 5.86. The fourth-order valence-corrected chi connectivity index (χ4v) is 1.13. The second-order valence-corrected chi connectivity index (χ2v) is 2.93. The van der Waals surface area contributed by atoms with Crippen LogP contribution in [0.2, 0.25) is 0 Å². The third-order valence-corrected chi connectivity index (χ3v) is 1.90. The molecular weight excluding hydrogens is 204 g/mol. The van der Waals surface area contributed by atoms with Gasteiger partial charge in [0.2, 0.25) is 0 Å². The Bertz CT molecular complexity index is 462. The topological polar surface area (TPSA) is 63.1 Å². The van der Waals surface area contributed by atoms with Crippen molar-refractivity contribution >= 4 is 11.5 Å². The lowest BCUT2D eigenvalue weighted by atomic mass is 10.1. The Morgan fingerprint density at radius 3 is 2.69 bits per heavy atom. The molecule has 1 aromatic heterocycles. The molecule has 4 heteroatoms. The van der Waals surface area contributed by atoms with Crippen LogP contribution in [0.15, 0.2) is 43.3 Å². The molecule has 1 aromatic rings. The van der Waals surface area contributed by atoms with Crippen LogP contribution in [-0.2, 0) is 0 Å². The van der Waals surface area contributed by atoms with Crippen LogP contribution in [0.3, 0.4) is 0 Å². The van der Waals surface area contributed by atoms with Gasteiger partial charge in [0, 0.05) is 0 Å². The van der Waals surface area contributed by atoms with E-state index in [1.165, 1.54) is 12.4 Å². The summed E-state index contributed by atoms with van der Waals surface area (Å²) in [5.74, 6) is -1.06. The molecule has 0 atom stereocenters. The van der Waals surface area contributed by atoms with Gasteiger partial charge in [-0.05, 0) is 18.6 Å². The zero-order valence-corrected chi connectivity index (χ0v) is 8.92. The van der Waals surface area contributed by atoms with E-state index in [9.17, 15) is 4.79 Å². The molecule has 0 saturated heterocycles. The van der Waals surface area contributed by atoms with Crippen molar-refractivity contribution in [2.45, 2.75) is 6.92 Å². The number of hydrogen-bond acceptors (Lipinski definition) is 3. The van der Waals surface area contributed by atoms with Gasteiger partial charge < -0.3 is 5.11 Å². The van der Waals surface area contributed by atoms with Gasteiger partial charge >= 0.3 is 5.97 Å². The quantitative estimate of drug-likeness (QED) is 0.784. The van der Waals surface area contributed by atoms with Crippen LogP contribution in [0, 0.1) is 0 Å². The van der Waals surface area contributed by atoms with Crippen molar-refractivity contribution < 1.29 is 9.90 Å². The predicted octanol–water partition coefficient (Wildman–Crippen LogP) is 2.32. The summed E-state index contributed by atoms with van der Waals surface area (Å²) in [7, 11) is 0. The molecule has 1 heterocycles. The van der Waals surface area contributed by atoms with Crippen LogP contribution in [0.4, 0.5) is 0 Å². The lowest BCUT2D eigenvalue weighted by molar-refractivity contribution is 0.0690. The van der Waals surface area contributed by atoms with E-state index in [1.807, 2.05) is 13.0 Å². The van der Waals surface area contributed by atoms with Gasteiger partial charge in [0.1, 0.15) is 6.33 Å². The van der Waals surface area contributed by atoms with Crippen molar-refractivity contribution in [3.63, 3.8) is 0 Å².